The van der Waals surface area contributed by atoms with Gasteiger partial charge in [0.1, 0.15) is 11.9 Å². The van der Waals surface area contributed by atoms with Crippen molar-refractivity contribution >= 4 is 28.4 Å². The van der Waals surface area contributed by atoms with Crippen LogP contribution in [0.4, 0.5) is 28.4 Å². The number of benzene rings is 5. The summed E-state index contributed by atoms with van der Waals surface area (Å²) in [6.45, 7) is 0. The van der Waals surface area contributed by atoms with Crippen molar-refractivity contribution in [3.63, 3.8) is 0 Å². The first-order valence-electron chi connectivity index (χ1n) is 16.4. The third kappa shape index (κ3) is 6.67. The minimum Gasteiger partial charge on any atom is -0.485 e. The lowest BCUT2D eigenvalue weighted by Gasteiger charge is -2.32. The van der Waals surface area contributed by atoms with Crippen LogP contribution in [0.15, 0.2) is 115 Å². The molecule has 3 aliphatic carbocycles. The summed E-state index contributed by atoms with van der Waals surface area (Å²) in [6.07, 6.45) is 10.9. The normalized spacial score (nSPS) is 17.5. The van der Waals surface area contributed by atoms with Crippen LogP contribution in [0.5, 0.6) is 5.75 Å². The number of hydrogen-bond acceptors (Lipinski definition) is 7. The van der Waals surface area contributed by atoms with E-state index in [0.29, 0.717) is 5.92 Å². The van der Waals surface area contributed by atoms with Gasteiger partial charge in [0.25, 0.3) is 0 Å². The van der Waals surface area contributed by atoms with E-state index in [1.807, 2.05) is 54.6 Å². The van der Waals surface area contributed by atoms with Crippen molar-refractivity contribution in [3.8, 4) is 5.75 Å². The molecular weight excluding hydrogens is 592 g/mol. The van der Waals surface area contributed by atoms with Gasteiger partial charge in [-0.2, -0.15) is 0 Å². The molecule has 7 nitrogen and oxygen atoms in total. The summed E-state index contributed by atoms with van der Waals surface area (Å²) in [5.41, 5.74) is 51.7. The second kappa shape index (κ2) is 12.8. The Labute approximate surface area is 281 Å². The lowest BCUT2D eigenvalue weighted by molar-refractivity contribution is 0.177. The summed E-state index contributed by atoms with van der Waals surface area (Å²) in [5.74, 6) is 1.30. The van der Waals surface area contributed by atoms with E-state index in [1.54, 1.807) is 0 Å². The molecule has 2 atom stereocenters. The van der Waals surface area contributed by atoms with Crippen molar-refractivity contribution in [2.75, 3.05) is 28.7 Å². The van der Waals surface area contributed by atoms with Crippen molar-refractivity contribution in [1.82, 2.24) is 0 Å². The molecule has 2 unspecified atom stereocenters. The smallest absolute Gasteiger partial charge is 0.126 e. The van der Waals surface area contributed by atoms with E-state index in [1.165, 1.54) is 50.1 Å². The van der Waals surface area contributed by atoms with Crippen LogP contribution in [-0.2, 0) is 32.1 Å². The Morgan fingerprint density at radius 3 is 1.23 bits per heavy atom. The highest BCUT2D eigenvalue weighted by molar-refractivity contribution is 5.56. The molecule has 0 bridgehead atoms. The minimum absolute atomic E-state index is 0.0705. The molecule has 0 saturated heterocycles. The van der Waals surface area contributed by atoms with E-state index in [4.69, 9.17) is 39.1 Å². The van der Waals surface area contributed by atoms with Crippen molar-refractivity contribution in [1.29, 1.82) is 0 Å². The first-order chi connectivity index (χ1) is 23.2. The maximum atomic E-state index is 5.90. The lowest BCUT2D eigenvalue weighted by Crippen LogP contribution is -2.32. The molecule has 0 saturated carbocycles. The van der Waals surface area contributed by atoms with Gasteiger partial charge in [-0.1, -0.05) is 30.3 Å². The molecule has 12 N–H and O–H groups in total. The number of nitrogen functional groups attached to an aromatic ring is 5. The molecule has 0 amide bonds. The molecular formula is C41H42N6O. The average Bonchev–Trinajstić information content (AvgIpc) is 3.06. The fraction of sp³-hybridized carbons (Fsp3) is 0.171. The van der Waals surface area contributed by atoms with E-state index in [0.717, 1.165) is 72.0 Å². The Bertz CT molecular complexity index is 1870. The molecule has 48 heavy (non-hydrogen) atoms. The fourth-order valence-electron chi connectivity index (χ4n) is 7.05. The molecule has 0 radical (unpaired) electrons. The van der Waals surface area contributed by atoms with Crippen LogP contribution in [-0.4, -0.2) is 6.10 Å². The zero-order valence-corrected chi connectivity index (χ0v) is 27.0. The second-order valence-corrected chi connectivity index (χ2v) is 13.2. The Balaban J connectivity index is 0.000000114. The summed E-state index contributed by atoms with van der Waals surface area (Å²) in [7, 11) is 0. The quantitative estimate of drug-likeness (QED) is 0.107. The van der Waals surface area contributed by atoms with Crippen LogP contribution in [0.3, 0.4) is 0 Å². The molecule has 7 heteroatoms. The third-order valence-corrected chi connectivity index (χ3v) is 9.56. The van der Waals surface area contributed by atoms with Gasteiger partial charge < -0.3 is 39.1 Å². The van der Waals surface area contributed by atoms with Gasteiger partial charge in [-0.25, -0.2) is 0 Å². The largest absolute Gasteiger partial charge is 0.485 e. The Kier molecular flexibility index (Phi) is 8.19. The van der Waals surface area contributed by atoms with Gasteiger partial charge in [0.05, 0.1) is 0 Å². The van der Waals surface area contributed by atoms with Gasteiger partial charge in [-0.3, -0.25) is 0 Å². The predicted molar refractivity (Wildman–Crippen MR) is 199 cm³/mol. The molecule has 1 aliphatic heterocycles. The van der Waals surface area contributed by atoms with Crippen LogP contribution in [0.25, 0.3) is 0 Å². The van der Waals surface area contributed by atoms with Crippen LogP contribution in [0.1, 0.15) is 50.1 Å². The Hall–Kier alpha value is -5.82. The highest BCUT2D eigenvalue weighted by Gasteiger charge is 2.28. The van der Waals surface area contributed by atoms with Gasteiger partial charge in [-0.15, -0.1) is 0 Å². The van der Waals surface area contributed by atoms with Gasteiger partial charge >= 0.3 is 0 Å². The first-order valence-corrected chi connectivity index (χ1v) is 16.4. The number of allylic oxidation sites excluding steroid dienone is 1. The van der Waals surface area contributed by atoms with Crippen molar-refractivity contribution in [2.45, 2.75) is 38.2 Å². The molecule has 242 valence electrons. The topological polar surface area (TPSA) is 165 Å². The maximum absolute atomic E-state index is 5.90. The molecule has 0 fully saturated rings. The van der Waals surface area contributed by atoms with Crippen LogP contribution in [0.2, 0.25) is 0 Å². The number of fused-ring (bicyclic) bond motifs is 6. The van der Waals surface area contributed by atoms with Crippen molar-refractivity contribution in [3.05, 3.63) is 165 Å². The number of rotatable bonds is 0. The van der Waals surface area contributed by atoms with Crippen LogP contribution < -0.4 is 39.1 Å². The summed E-state index contributed by atoms with van der Waals surface area (Å²) in [6, 6.07) is 30.5. The van der Waals surface area contributed by atoms with Crippen LogP contribution in [0, 0.1) is 5.92 Å². The molecule has 0 spiro atoms. The third-order valence-electron chi connectivity index (χ3n) is 9.56. The Morgan fingerprint density at radius 2 is 0.812 bits per heavy atom. The van der Waals surface area contributed by atoms with Gasteiger partial charge in [0, 0.05) is 40.1 Å². The zero-order chi connectivity index (χ0) is 33.4. The summed E-state index contributed by atoms with van der Waals surface area (Å²) < 4.78 is 5.90. The highest BCUT2D eigenvalue weighted by Crippen LogP contribution is 2.35. The average molecular weight is 635 g/mol. The molecule has 1 heterocycles. The second-order valence-electron chi connectivity index (χ2n) is 13.2. The van der Waals surface area contributed by atoms with E-state index < -0.39 is 0 Å². The first kappa shape index (κ1) is 30.8. The molecule has 5 aromatic carbocycles. The lowest BCUT2D eigenvalue weighted by atomic mass is 9.85. The number of anilines is 5. The van der Waals surface area contributed by atoms with Gasteiger partial charge in [0.2, 0.25) is 0 Å². The van der Waals surface area contributed by atoms with Gasteiger partial charge in [0.15, 0.2) is 0 Å². The SMILES string of the molecule is NC1=CC2Oc3ccc(N)cc3CC2C=C1.Nc1ccc2c(c1)Cc1ccc(N)cc1C2.Nc1ccc2c(c1)Cc1ccc(N)cc1C2. The molecule has 5 aromatic rings. The van der Waals surface area contributed by atoms with E-state index in [2.05, 4.69) is 54.6 Å². The molecule has 9 rings (SSSR count). The van der Waals surface area contributed by atoms with Crippen LogP contribution >= 0.6 is 0 Å². The number of hydrogen-bond donors (Lipinski definition) is 6. The minimum atomic E-state index is 0.0705. The zero-order valence-electron chi connectivity index (χ0n) is 27.0. The monoisotopic (exact) mass is 634 g/mol. The molecule has 4 aliphatic rings. The predicted octanol–water partition coefficient (Wildman–Crippen LogP) is 6.29. The summed E-state index contributed by atoms with van der Waals surface area (Å²) in [4.78, 5) is 0. The molecule has 0 aromatic heterocycles. The number of nitrogens with two attached hydrogens (primary N) is 6. The van der Waals surface area contributed by atoms with Crippen molar-refractivity contribution in [2.24, 2.45) is 11.7 Å². The van der Waals surface area contributed by atoms with E-state index in [9.17, 15) is 0 Å². The highest BCUT2D eigenvalue weighted by atomic mass is 16.5. The maximum Gasteiger partial charge on any atom is 0.126 e. The van der Waals surface area contributed by atoms with Crippen molar-refractivity contribution < 1.29 is 4.74 Å². The number of ether oxygens (including phenoxy) is 1. The fourth-order valence-corrected chi connectivity index (χ4v) is 7.05. The van der Waals surface area contributed by atoms with E-state index in [-0.39, 0.29) is 6.10 Å². The summed E-state index contributed by atoms with van der Waals surface area (Å²) >= 11 is 0. The summed E-state index contributed by atoms with van der Waals surface area (Å²) in [5, 5.41) is 0. The Morgan fingerprint density at radius 1 is 0.438 bits per heavy atom. The standard InChI is InChI=1S/2C14H14N2.C13H14N2O/c2*15-13-3-1-9-5-12-8-14(16)4-2-10(12)6-11(9)7-13;14-10-3-4-12-9(6-10)5-8-1-2-11(15)7-13(8)16-12/h2*1-4,7-8H,5-6,15-16H2;1-4,6-8,13H,5,14-15H2. The van der Waals surface area contributed by atoms with Gasteiger partial charge in [-0.05, 0) is 161 Å². The van der Waals surface area contributed by atoms with E-state index >= 15 is 0 Å².